The maximum absolute atomic E-state index is 12.3. The van der Waals surface area contributed by atoms with Crippen LogP contribution < -0.4 is 15.4 Å². The Kier molecular flexibility index (Phi) is 4.86. The van der Waals surface area contributed by atoms with Crippen LogP contribution in [0.25, 0.3) is 0 Å². The average molecular weight is 375 g/mol. The highest BCUT2D eigenvalue weighted by Gasteiger charge is 2.24. The van der Waals surface area contributed by atoms with Crippen molar-refractivity contribution in [1.82, 2.24) is 5.32 Å². The van der Waals surface area contributed by atoms with E-state index in [1.54, 1.807) is 7.11 Å². The van der Waals surface area contributed by atoms with Gasteiger partial charge in [-0.1, -0.05) is 28.1 Å². The molecule has 0 aliphatic heterocycles. The van der Waals surface area contributed by atoms with E-state index in [2.05, 4.69) is 26.6 Å². The Morgan fingerprint density at radius 3 is 2.78 bits per heavy atom. The monoisotopic (exact) mass is 374 g/mol. The second-order valence-corrected chi connectivity index (χ2v) is 6.52. The maximum Gasteiger partial charge on any atom is 0.253 e. The number of para-hydroxylation sites is 1. The molecule has 0 spiro atoms. The first-order valence-corrected chi connectivity index (χ1v) is 8.43. The molecular weight excluding hydrogens is 356 g/mol. The van der Waals surface area contributed by atoms with Gasteiger partial charge in [0.2, 0.25) is 0 Å². The Labute approximate surface area is 144 Å². The van der Waals surface area contributed by atoms with Crippen LogP contribution in [0.2, 0.25) is 0 Å². The predicted octanol–water partition coefficient (Wildman–Crippen LogP) is 3.96. The summed E-state index contributed by atoms with van der Waals surface area (Å²) >= 11 is 3.48. The van der Waals surface area contributed by atoms with E-state index in [1.807, 2.05) is 42.5 Å². The minimum absolute atomic E-state index is 0.0168. The largest absolute Gasteiger partial charge is 0.496 e. The Hall–Kier alpha value is -2.01. The fourth-order valence-electron chi connectivity index (χ4n) is 2.40. The van der Waals surface area contributed by atoms with Crippen molar-refractivity contribution in [2.24, 2.45) is 0 Å². The number of nitrogens with one attached hydrogen (secondary N) is 2. The lowest BCUT2D eigenvalue weighted by atomic mass is 10.1. The molecule has 1 fully saturated rings. The molecular formula is C18H19BrN2O2. The van der Waals surface area contributed by atoms with E-state index in [4.69, 9.17) is 4.74 Å². The number of hydrogen-bond acceptors (Lipinski definition) is 3. The van der Waals surface area contributed by atoms with Crippen molar-refractivity contribution in [2.75, 3.05) is 12.4 Å². The Bertz CT molecular complexity index is 714. The standard InChI is InChI=1S/C18H19BrN2O2/c1-23-17-9-6-13(19)10-12(17)11-20-16-5-3-2-4-15(16)18(22)21-14-7-8-14/h2-6,9-10,14,20H,7-8,11H2,1H3,(H,21,22). The van der Waals surface area contributed by atoms with Gasteiger partial charge < -0.3 is 15.4 Å². The number of halogens is 1. The number of benzene rings is 2. The second-order valence-electron chi connectivity index (χ2n) is 5.60. The van der Waals surface area contributed by atoms with E-state index in [0.29, 0.717) is 18.2 Å². The van der Waals surface area contributed by atoms with Crippen molar-refractivity contribution in [2.45, 2.75) is 25.4 Å². The minimum Gasteiger partial charge on any atom is -0.496 e. The van der Waals surface area contributed by atoms with E-state index in [1.165, 1.54) is 0 Å². The Morgan fingerprint density at radius 2 is 2.04 bits per heavy atom. The summed E-state index contributed by atoms with van der Waals surface area (Å²) in [4.78, 5) is 12.3. The summed E-state index contributed by atoms with van der Waals surface area (Å²) in [5, 5.41) is 6.37. The molecule has 23 heavy (non-hydrogen) atoms. The van der Waals surface area contributed by atoms with Gasteiger partial charge in [-0.25, -0.2) is 0 Å². The summed E-state index contributed by atoms with van der Waals surface area (Å²) in [6.45, 7) is 0.580. The topological polar surface area (TPSA) is 50.4 Å². The first kappa shape index (κ1) is 15.9. The molecule has 0 heterocycles. The number of ether oxygens (including phenoxy) is 1. The quantitative estimate of drug-likeness (QED) is 0.804. The fraction of sp³-hybridized carbons (Fsp3) is 0.278. The van der Waals surface area contributed by atoms with E-state index in [0.717, 1.165) is 34.3 Å². The van der Waals surface area contributed by atoms with E-state index < -0.39 is 0 Å². The van der Waals surface area contributed by atoms with Gasteiger partial charge in [0.15, 0.2) is 0 Å². The zero-order chi connectivity index (χ0) is 16.2. The first-order chi connectivity index (χ1) is 11.2. The third kappa shape index (κ3) is 4.05. The van der Waals surface area contributed by atoms with Gasteiger partial charge in [-0.3, -0.25) is 4.79 Å². The molecule has 0 atom stereocenters. The van der Waals surface area contributed by atoms with Gasteiger partial charge in [0, 0.05) is 28.3 Å². The number of carbonyl (C=O) groups excluding carboxylic acids is 1. The highest BCUT2D eigenvalue weighted by molar-refractivity contribution is 9.10. The normalized spacial score (nSPS) is 13.5. The van der Waals surface area contributed by atoms with Crippen molar-refractivity contribution in [1.29, 1.82) is 0 Å². The molecule has 5 heteroatoms. The van der Waals surface area contributed by atoms with Gasteiger partial charge in [0.25, 0.3) is 5.91 Å². The number of methoxy groups -OCH3 is 1. The third-order valence-corrected chi connectivity index (χ3v) is 4.29. The number of anilines is 1. The van der Waals surface area contributed by atoms with Crippen LogP contribution in [0.4, 0.5) is 5.69 Å². The fourth-order valence-corrected chi connectivity index (χ4v) is 2.81. The molecule has 2 aromatic rings. The second kappa shape index (κ2) is 7.04. The van der Waals surface area contributed by atoms with Gasteiger partial charge in [0.05, 0.1) is 12.7 Å². The zero-order valence-corrected chi connectivity index (χ0v) is 14.5. The molecule has 0 bridgehead atoms. The summed E-state index contributed by atoms with van der Waals surface area (Å²) in [7, 11) is 1.66. The molecule has 0 radical (unpaired) electrons. The van der Waals surface area contributed by atoms with Gasteiger partial charge >= 0.3 is 0 Å². The smallest absolute Gasteiger partial charge is 0.253 e. The lowest BCUT2D eigenvalue weighted by Gasteiger charge is -2.14. The summed E-state index contributed by atoms with van der Waals surface area (Å²) < 4.78 is 6.38. The van der Waals surface area contributed by atoms with Crippen molar-refractivity contribution >= 4 is 27.5 Å². The zero-order valence-electron chi connectivity index (χ0n) is 12.9. The Balaban J connectivity index is 1.75. The van der Waals surface area contributed by atoms with Gasteiger partial charge in [-0.15, -0.1) is 0 Å². The molecule has 1 aliphatic rings. The first-order valence-electron chi connectivity index (χ1n) is 7.63. The molecule has 1 aliphatic carbocycles. The molecule has 2 N–H and O–H groups in total. The van der Waals surface area contributed by atoms with E-state index in [-0.39, 0.29) is 5.91 Å². The van der Waals surface area contributed by atoms with Crippen LogP contribution in [0.3, 0.4) is 0 Å². The molecule has 1 amide bonds. The van der Waals surface area contributed by atoms with Crippen molar-refractivity contribution in [3.8, 4) is 5.75 Å². The van der Waals surface area contributed by atoms with Gasteiger partial charge in [0.1, 0.15) is 5.75 Å². The van der Waals surface area contributed by atoms with E-state index >= 15 is 0 Å². The van der Waals surface area contributed by atoms with Crippen LogP contribution in [-0.4, -0.2) is 19.1 Å². The molecule has 0 aromatic heterocycles. The SMILES string of the molecule is COc1ccc(Br)cc1CNc1ccccc1C(=O)NC1CC1. The molecule has 1 saturated carbocycles. The van der Waals surface area contributed by atoms with Crippen molar-refractivity contribution < 1.29 is 9.53 Å². The predicted molar refractivity (Wildman–Crippen MR) is 95.0 cm³/mol. The molecule has 2 aromatic carbocycles. The highest BCUT2D eigenvalue weighted by atomic mass is 79.9. The summed E-state index contributed by atoms with van der Waals surface area (Å²) in [6.07, 6.45) is 2.16. The van der Waals surface area contributed by atoms with Crippen LogP contribution in [0.15, 0.2) is 46.9 Å². The van der Waals surface area contributed by atoms with Crippen LogP contribution in [0, 0.1) is 0 Å². The van der Waals surface area contributed by atoms with Crippen LogP contribution in [0.1, 0.15) is 28.8 Å². The molecule has 4 nitrogen and oxygen atoms in total. The minimum atomic E-state index is -0.0168. The lowest BCUT2D eigenvalue weighted by Crippen LogP contribution is -2.26. The number of carbonyl (C=O) groups is 1. The number of hydrogen-bond donors (Lipinski definition) is 2. The highest BCUT2D eigenvalue weighted by Crippen LogP contribution is 2.25. The van der Waals surface area contributed by atoms with Gasteiger partial charge in [-0.2, -0.15) is 0 Å². The molecule has 120 valence electrons. The summed E-state index contributed by atoms with van der Waals surface area (Å²) in [6, 6.07) is 13.8. The average Bonchev–Trinajstić information content (AvgIpc) is 3.37. The van der Waals surface area contributed by atoms with Crippen LogP contribution in [-0.2, 0) is 6.54 Å². The number of rotatable bonds is 6. The molecule has 3 rings (SSSR count). The van der Waals surface area contributed by atoms with Crippen molar-refractivity contribution in [3.05, 3.63) is 58.1 Å². The summed E-state index contributed by atoms with van der Waals surface area (Å²) in [5.41, 5.74) is 2.53. The van der Waals surface area contributed by atoms with E-state index in [9.17, 15) is 4.79 Å². The maximum atomic E-state index is 12.3. The molecule has 0 unspecified atom stereocenters. The van der Waals surface area contributed by atoms with Crippen LogP contribution >= 0.6 is 15.9 Å². The Morgan fingerprint density at radius 1 is 1.26 bits per heavy atom. The summed E-state index contributed by atoms with van der Waals surface area (Å²) in [5.74, 6) is 0.803. The molecule has 0 saturated heterocycles. The van der Waals surface area contributed by atoms with Crippen molar-refractivity contribution in [3.63, 3.8) is 0 Å². The lowest BCUT2D eigenvalue weighted by molar-refractivity contribution is 0.0952. The third-order valence-electron chi connectivity index (χ3n) is 3.80. The van der Waals surface area contributed by atoms with Crippen LogP contribution in [0.5, 0.6) is 5.75 Å². The van der Waals surface area contributed by atoms with Gasteiger partial charge in [-0.05, 0) is 43.2 Å². The number of amides is 1.